The molecule has 0 unspecified atom stereocenters. The molecular formula is C10H21N3O3S. The number of hydrogen-bond acceptors (Lipinski definition) is 4. The predicted molar refractivity (Wildman–Crippen MR) is 64.7 cm³/mol. The molecule has 0 amide bonds. The molecular weight excluding hydrogens is 242 g/mol. The van der Waals surface area contributed by atoms with E-state index in [1.165, 1.54) is 4.31 Å². The van der Waals surface area contributed by atoms with Crippen LogP contribution in [0, 0.1) is 0 Å². The van der Waals surface area contributed by atoms with Crippen molar-refractivity contribution in [3.05, 3.63) is 0 Å². The molecule has 0 radical (unpaired) electrons. The molecule has 2 fully saturated rings. The van der Waals surface area contributed by atoms with Gasteiger partial charge in [-0.25, -0.2) is 0 Å². The van der Waals surface area contributed by atoms with Crippen molar-refractivity contribution in [3.63, 3.8) is 0 Å². The normalized spacial score (nSPS) is 26.2. The smallest absolute Gasteiger partial charge is 0.280 e. The minimum absolute atomic E-state index is 0.323. The Morgan fingerprint density at radius 3 is 2.35 bits per heavy atom. The van der Waals surface area contributed by atoms with Crippen LogP contribution in [0.4, 0.5) is 0 Å². The van der Waals surface area contributed by atoms with Crippen LogP contribution in [-0.4, -0.2) is 51.1 Å². The molecule has 6 nitrogen and oxygen atoms in total. The first kappa shape index (κ1) is 13.2. The van der Waals surface area contributed by atoms with Gasteiger partial charge in [0.05, 0.1) is 5.54 Å². The maximum Gasteiger partial charge on any atom is 0.280 e. The van der Waals surface area contributed by atoms with Gasteiger partial charge in [-0.2, -0.15) is 17.4 Å². The minimum Gasteiger partial charge on any atom is -0.381 e. The van der Waals surface area contributed by atoms with Gasteiger partial charge in [-0.15, -0.1) is 0 Å². The molecule has 0 spiro atoms. The second kappa shape index (κ2) is 5.19. The Labute approximate surface area is 103 Å². The second-order valence-electron chi connectivity index (χ2n) is 4.81. The van der Waals surface area contributed by atoms with Crippen molar-refractivity contribution in [2.75, 3.05) is 32.8 Å². The highest BCUT2D eigenvalue weighted by atomic mass is 32.2. The largest absolute Gasteiger partial charge is 0.381 e. The lowest BCUT2D eigenvalue weighted by atomic mass is 9.92. The van der Waals surface area contributed by atoms with E-state index in [9.17, 15) is 8.42 Å². The van der Waals surface area contributed by atoms with Crippen LogP contribution in [0.1, 0.15) is 25.7 Å². The molecule has 0 aromatic rings. The first-order chi connectivity index (χ1) is 8.08. The topological polar surface area (TPSA) is 84.7 Å². The highest BCUT2D eigenvalue weighted by molar-refractivity contribution is 7.87. The number of hydrogen-bond donors (Lipinski definition) is 2. The van der Waals surface area contributed by atoms with E-state index in [-0.39, 0.29) is 0 Å². The van der Waals surface area contributed by atoms with Gasteiger partial charge < -0.3 is 10.5 Å². The monoisotopic (exact) mass is 263 g/mol. The lowest BCUT2D eigenvalue weighted by Gasteiger charge is -2.37. The summed E-state index contributed by atoms with van der Waals surface area (Å²) < 4.78 is 33.9. The van der Waals surface area contributed by atoms with Crippen LogP contribution in [-0.2, 0) is 14.9 Å². The Hall–Kier alpha value is -0.210. The van der Waals surface area contributed by atoms with Crippen LogP contribution in [0.15, 0.2) is 0 Å². The fraction of sp³-hybridized carbons (Fsp3) is 1.00. The molecule has 0 aromatic heterocycles. The number of nitrogens with one attached hydrogen (secondary N) is 1. The molecule has 2 aliphatic heterocycles. The molecule has 0 saturated carbocycles. The standard InChI is InChI=1S/C10H21N3O3S/c11-9-10(3-7-16-8-4-10)12-17(14,15)13-5-1-2-6-13/h12H,1-9,11H2. The third-order valence-electron chi connectivity index (χ3n) is 3.59. The molecule has 17 heavy (non-hydrogen) atoms. The Balaban J connectivity index is 2.06. The zero-order valence-electron chi connectivity index (χ0n) is 10.0. The zero-order valence-corrected chi connectivity index (χ0v) is 10.8. The Morgan fingerprint density at radius 1 is 1.24 bits per heavy atom. The fourth-order valence-electron chi connectivity index (χ4n) is 2.38. The summed E-state index contributed by atoms with van der Waals surface area (Å²) in [4.78, 5) is 0. The van der Waals surface area contributed by atoms with E-state index in [1.807, 2.05) is 0 Å². The van der Waals surface area contributed by atoms with E-state index in [2.05, 4.69) is 4.72 Å². The molecule has 2 aliphatic rings. The fourth-order valence-corrected chi connectivity index (χ4v) is 4.08. The molecule has 2 saturated heterocycles. The van der Waals surface area contributed by atoms with Gasteiger partial charge >= 0.3 is 0 Å². The van der Waals surface area contributed by atoms with Gasteiger partial charge in [-0.1, -0.05) is 0 Å². The van der Waals surface area contributed by atoms with Crippen LogP contribution in [0.25, 0.3) is 0 Å². The summed E-state index contributed by atoms with van der Waals surface area (Å²) in [5, 5.41) is 0. The second-order valence-corrected chi connectivity index (χ2v) is 6.48. The van der Waals surface area contributed by atoms with Crippen LogP contribution in [0.2, 0.25) is 0 Å². The zero-order chi connectivity index (χ0) is 12.4. The average Bonchev–Trinajstić information content (AvgIpc) is 2.84. The van der Waals surface area contributed by atoms with Crippen molar-refractivity contribution in [2.24, 2.45) is 5.73 Å². The van der Waals surface area contributed by atoms with E-state index in [1.54, 1.807) is 0 Å². The lowest BCUT2D eigenvalue weighted by molar-refractivity contribution is 0.0496. The van der Waals surface area contributed by atoms with Gasteiger partial charge in [0.2, 0.25) is 0 Å². The number of ether oxygens (including phenoxy) is 1. The Kier molecular flexibility index (Phi) is 4.04. The van der Waals surface area contributed by atoms with Gasteiger partial charge in [-0.3, -0.25) is 0 Å². The van der Waals surface area contributed by atoms with Crippen LogP contribution in [0.3, 0.4) is 0 Å². The highest BCUT2D eigenvalue weighted by Gasteiger charge is 2.38. The first-order valence-corrected chi connectivity index (χ1v) is 7.59. The van der Waals surface area contributed by atoms with E-state index < -0.39 is 15.7 Å². The minimum atomic E-state index is -3.38. The van der Waals surface area contributed by atoms with E-state index in [0.717, 1.165) is 12.8 Å². The van der Waals surface area contributed by atoms with Crippen molar-refractivity contribution in [3.8, 4) is 0 Å². The van der Waals surface area contributed by atoms with Crippen LogP contribution >= 0.6 is 0 Å². The van der Waals surface area contributed by atoms with Gasteiger partial charge in [0, 0.05) is 32.8 Å². The summed E-state index contributed by atoms with van der Waals surface area (Å²) in [6, 6.07) is 0. The summed E-state index contributed by atoms with van der Waals surface area (Å²) >= 11 is 0. The van der Waals surface area contributed by atoms with Crippen molar-refractivity contribution < 1.29 is 13.2 Å². The number of nitrogens with zero attached hydrogens (tertiary/aromatic N) is 1. The van der Waals surface area contributed by atoms with Crippen LogP contribution in [0.5, 0.6) is 0 Å². The lowest BCUT2D eigenvalue weighted by Crippen LogP contribution is -2.59. The molecule has 0 bridgehead atoms. The SMILES string of the molecule is NCC1(NS(=O)(=O)N2CCCC2)CCOCC1. The third-order valence-corrected chi connectivity index (χ3v) is 5.33. The Bertz CT molecular complexity index is 346. The molecule has 0 aromatic carbocycles. The molecule has 0 aliphatic carbocycles. The van der Waals surface area contributed by atoms with E-state index in [0.29, 0.717) is 45.7 Å². The van der Waals surface area contributed by atoms with Crippen molar-refractivity contribution in [2.45, 2.75) is 31.2 Å². The molecule has 0 atom stereocenters. The molecule has 2 heterocycles. The predicted octanol–water partition coefficient (Wildman–Crippen LogP) is -0.575. The summed E-state index contributed by atoms with van der Waals surface area (Å²) in [6.45, 7) is 2.70. The van der Waals surface area contributed by atoms with E-state index in [4.69, 9.17) is 10.5 Å². The summed E-state index contributed by atoms with van der Waals surface area (Å²) in [7, 11) is -3.38. The van der Waals surface area contributed by atoms with E-state index >= 15 is 0 Å². The van der Waals surface area contributed by atoms with Gasteiger partial charge in [0.25, 0.3) is 10.2 Å². The quantitative estimate of drug-likeness (QED) is 0.711. The van der Waals surface area contributed by atoms with Gasteiger partial charge in [0.15, 0.2) is 0 Å². The first-order valence-electron chi connectivity index (χ1n) is 6.15. The summed E-state index contributed by atoms with van der Waals surface area (Å²) in [5.41, 5.74) is 5.23. The van der Waals surface area contributed by atoms with Crippen molar-refractivity contribution >= 4 is 10.2 Å². The summed E-state index contributed by atoms with van der Waals surface area (Å²) in [5.74, 6) is 0. The highest BCUT2D eigenvalue weighted by Crippen LogP contribution is 2.22. The van der Waals surface area contributed by atoms with Gasteiger partial charge in [0.1, 0.15) is 0 Å². The molecule has 3 N–H and O–H groups in total. The molecule has 7 heteroatoms. The van der Waals surface area contributed by atoms with Crippen LogP contribution < -0.4 is 10.5 Å². The molecule has 2 rings (SSSR count). The average molecular weight is 263 g/mol. The van der Waals surface area contributed by atoms with Crippen molar-refractivity contribution in [1.29, 1.82) is 0 Å². The third kappa shape index (κ3) is 2.97. The molecule has 100 valence electrons. The van der Waals surface area contributed by atoms with Gasteiger partial charge in [-0.05, 0) is 25.7 Å². The summed E-state index contributed by atoms with van der Waals surface area (Å²) in [6.07, 6.45) is 3.19. The maximum absolute atomic E-state index is 12.2. The number of nitrogens with two attached hydrogens (primary N) is 1. The maximum atomic E-state index is 12.2. The van der Waals surface area contributed by atoms with Crippen molar-refractivity contribution in [1.82, 2.24) is 9.03 Å². The number of rotatable bonds is 4. The Morgan fingerprint density at radius 2 is 1.82 bits per heavy atom.